The van der Waals surface area contributed by atoms with Crippen molar-refractivity contribution in [2.75, 3.05) is 13.1 Å². The highest BCUT2D eigenvalue weighted by molar-refractivity contribution is 5.98. The molecule has 2 atom stereocenters. The maximum absolute atomic E-state index is 13.4. The van der Waals surface area contributed by atoms with Gasteiger partial charge in [-0.1, -0.05) is 12.2 Å². The lowest BCUT2D eigenvalue weighted by Crippen LogP contribution is -2.30. The molecule has 0 saturated carbocycles. The number of amides is 1. The normalized spacial score (nSPS) is 24.0. The standard InChI is InChI=1S/C18H19FN2O/c1-20-16-7-6-15(19)8-14(16)9-17(20)18(22)21-10-12-4-2-3-5-13(12)11-21/h2-3,6-9,12-13H,4-5,10-11H2,1H3/t12-,13+. The average Bonchev–Trinajstić information content (AvgIpc) is 3.08. The van der Waals surface area contributed by atoms with Crippen molar-refractivity contribution in [1.29, 1.82) is 0 Å². The van der Waals surface area contributed by atoms with Crippen molar-refractivity contribution in [2.24, 2.45) is 18.9 Å². The number of halogens is 1. The smallest absolute Gasteiger partial charge is 0.270 e. The second-order valence-corrected chi connectivity index (χ2v) is 6.46. The zero-order chi connectivity index (χ0) is 15.3. The minimum Gasteiger partial charge on any atom is -0.340 e. The van der Waals surface area contributed by atoms with Gasteiger partial charge in [0.1, 0.15) is 11.5 Å². The van der Waals surface area contributed by atoms with Crippen molar-refractivity contribution in [1.82, 2.24) is 9.47 Å². The van der Waals surface area contributed by atoms with Gasteiger partial charge in [-0.25, -0.2) is 4.39 Å². The molecule has 1 fully saturated rings. The molecule has 0 N–H and O–H groups in total. The van der Waals surface area contributed by atoms with Gasteiger partial charge in [-0.3, -0.25) is 4.79 Å². The first-order valence-corrected chi connectivity index (χ1v) is 7.83. The first-order chi connectivity index (χ1) is 10.6. The van der Waals surface area contributed by atoms with Crippen molar-refractivity contribution < 1.29 is 9.18 Å². The molecule has 1 aromatic carbocycles. The van der Waals surface area contributed by atoms with Crippen LogP contribution in [0.15, 0.2) is 36.4 Å². The molecule has 1 saturated heterocycles. The van der Waals surface area contributed by atoms with Crippen molar-refractivity contribution in [3.05, 3.63) is 47.9 Å². The van der Waals surface area contributed by atoms with Crippen LogP contribution >= 0.6 is 0 Å². The highest BCUT2D eigenvalue weighted by Gasteiger charge is 2.36. The Morgan fingerprint density at radius 3 is 2.50 bits per heavy atom. The summed E-state index contributed by atoms with van der Waals surface area (Å²) in [5.41, 5.74) is 1.54. The summed E-state index contributed by atoms with van der Waals surface area (Å²) < 4.78 is 15.2. The third-order valence-corrected chi connectivity index (χ3v) is 5.13. The van der Waals surface area contributed by atoms with Crippen molar-refractivity contribution in [3.8, 4) is 0 Å². The zero-order valence-corrected chi connectivity index (χ0v) is 12.6. The van der Waals surface area contributed by atoms with Crippen LogP contribution in [0, 0.1) is 17.7 Å². The monoisotopic (exact) mass is 298 g/mol. The number of benzene rings is 1. The number of carbonyl (C=O) groups is 1. The van der Waals surface area contributed by atoms with E-state index in [0.717, 1.165) is 36.8 Å². The summed E-state index contributed by atoms with van der Waals surface area (Å²) >= 11 is 0. The first-order valence-electron chi connectivity index (χ1n) is 7.83. The Morgan fingerprint density at radius 1 is 1.14 bits per heavy atom. The van der Waals surface area contributed by atoms with Gasteiger partial charge in [-0.2, -0.15) is 0 Å². The zero-order valence-electron chi connectivity index (χ0n) is 12.6. The molecule has 4 rings (SSSR count). The molecule has 22 heavy (non-hydrogen) atoms. The Labute approximate surface area is 129 Å². The van der Waals surface area contributed by atoms with Crippen LogP contribution in [0.3, 0.4) is 0 Å². The summed E-state index contributed by atoms with van der Waals surface area (Å²) in [5, 5.41) is 0.782. The lowest BCUT2D eigenvalue weighted by molar-refractivity contribution is 0.0775. The molecule has 2 aromatic rings. The van der Waals surface area contributed by atoms with Gasteiger partial charge in [0, 0.05) is 31.0 Å². The summed E-state index contributed by atoms with van der Waals surface area (Å²) in [6.45, 7) is 1.67. The van der Waals surface area contributed by atoms with Crippen molar-refractivity contribution in [2.45, 2.75) is 12.8 Å². The van der Waals surface area contributed by atoms with Gasteiger partial charge < -0.3 is 9.47 Å². The van der Waals surface area contributed by atoms with E-state index < -0.39 is 0 Å². The molecule has 1 aliphatic carbocycles. The second kappa shape index (κ2) is 4.97. The van der Waals surface area contributed by atoms with E-state index >= 15 is 0 Å². The van der Waals surface area contributed by atoms with Gasteiger partial charge in [0.2, 0.25) is 0 Å². The lowest BCUT2D eigenvalue weighted by Gasteiger charge is -2.17. The van der Waals surface area contributed by atoms with E-state index in [0.29, 0.717) is 17.5 Å². The molecule has 0 unspecified atom stereocenters. The Balaban J connectivity index is 1.64. The molecular weight excluding hydrogens is 279 g/mol. The van der Waals surface area contributed by atoms with Crippen LogP contribution in [0.2, 0.25) is 0 Å². The largest absolute Gasteiger partial charge is 0.340 e. The third kappa shape index (κ3) is 2.05. The van der Waals surface area contributed by atoms with Crippen molar-refractivity contribution >= 4 is 16.8 Å². The number of carbonyl (C=O) groups excluding carboxylic acids is 1. The van der Waals surface area contributed by atoms with E-state index in [2.05, 4.69) is 12.2 Å². The second-order valence-electron chi connectivity index (χ2n) is 6.46. The van der Waals surface area contributed by atoms with Gasteiger partial charge >= 0.3 is 0 Å². The summed E-state index contributed by atoms with van der Waals surface area (Å²) in [7, 11) is 1.87. The molecule has 1 amide bonds. The molecule has 3 nitrogen and oxygen atoms in total. The summed E-state index contributed by atoms with van der Waals surface area (Å²) in [6, 6.07) is 6.46. The van der Waals surface area contributed by atoms with E-state index in [-0.39, 0.29) is 11.7 Å². The van der Waals surface area contributed by atoms with E-state index in [1.807, 2.05) is 16.5 Å². The van der Waals surface area contributed by atoms with Gasteiger partial charge in [0.25, 0.3) is 5.91 Å². The van der Waals surface area contributed by atoms with E-state index in [1.165, 1.54) is 12.1 Å². The van der Waals surface area contributed by atoms with Crippen LogP contribution in [0.4, 0.5) is 4.39 Å². The average molecular weight is 298 g/mol. The molecule has 0 bridgehead atoms. The van der Waals surface area contributed by atoms with Crippen LogP contribution in [0.1, 0.15) is 23.3 Å². The number of hydrogen-bond donors (Lipinski definition) is 0. The maximum atomic E-state index is 13.4. The van der Waals surface area contributed by atoms with Gasteiger partial charge in [0.05, 0.1) is 0 Å². The highest BCUT2D eigenvalue weighted by Crippen LogP contribution is 2.34. The fraction of sp³-hybridized carbons (Fsp3) is 0.389. The van der Waals surface area contributed by atoms with E-state index in [4.69, 9.17) is 0 Å². The quantitative estimate of drug-likeness (QED) is 0.741. The van der Waals surface area contributed by atoms with Crippen molar-refractivity contribution in [3.63, 3.8) is 0 Å². The third-order valence-electron chi connectivity index (χ3n) is 5.13. The number of rotatable bonds is 1. The molecule has 1 aromatic heterocycles. The SMILES string of the molecule is Cn1c(C(=O)N2C[C@H]3CC=CC[C@H]3C2)cc2cc(F)ccc21. The van der Waals surface area contributed by atoms with Gasteiger partial charge in [-0.15, -0.1) is 0 Å². The van der Waals surface area contributed by atoms with E-state index in [1.54, 1.807) is 12.1 Å². The molecule has 0 radical (unpaired) electrons. The van der Waals surface area contributed by atoms with Crippen LogP contribution < -0.4 is 0 Å². The molecule has 1 aliphatic heterocycles. The number of nitrogens with zero attached hydrogens (tertiary/aromatic N) is 2. The van der Waals surface area contributed by atoms with Crippen LogP contribution in [-0.2, 0) is 7.05 Å². The van der Waals surface area contributed by atoms with Crippen LogP contribution in [-0.4, -0.2) is 28.5 Å². The molecule has 0 spiro atoms. The van der Waals surface area contributed by atoms with Gasteiger partial charge in [-0.05, 0) is 48.9 Å². The summed E-state index contributed by atoms with van der Waals surface area (Å²) in [6.07, 6.45) is 6.62. The molecule has 114 valence electrons. The highest BCUT2D eigenvalue weighted by atomic mass is 19.1. The Morgan fingerprint density at radius 2 is 1.82 bits per heavy atom. The predicted octanol–water partition coefficient (Wildman–Crippen LogP) is 3.36. The predicted molar refractivity (Wildman–Crippen MR) is 84.1 cm³/mol. The van der Waals surface area contributed by atoms with E-state index in [9.17, 15) is 9.18 Å². The molecule has 2 aliphatic rings. The Bertz CT molecular complexity index is 761. The Kier molecular flexibility index (Phi) is 3.06. The number of fused-ring (bicyclic) bond motifs is 2. The number of aromatic nitrogens is 1. The van der Waals surface area contributed by atoms with Gasteiger partial charge in [0.15, 0.2) is 0 Å². The van der Waals surface area contributed by atoms with Crippen LogP contribution in [0.25, 0.3) is 10.9 Å². The fourth-order valence-corrected chi connectivity index (χ4v) is 3.87. The number of aryl methyl sites for hydroxylation is 1. The first kappa shape index (κ1) is 13.6. The molecule has 4 heteroatoms. The molecular formula is C18H19FN2O. The lowest BCUT2D eigenvalue weighted by atomic mass is 9.86. The minimum absolute atomic E-state index is 0.0634. The number of hydrogen-bond acceptors (Lipinski definition) is 1. The van der Waals surface area contributed by atoms with Crippen LogP contribution in [0.5, 0.6) is 0 Å². The number of likely N-dealkylation sites (tertiary alicyclic amines) is 1. The minimum atomic E-state index is -0.268. The maximum Gasteiger partial charge on any atom is 0.270 e. The number of allylic oxidation sites excluding steroid dienone is 2. The summed E-state index contributed by atoms with van der Waals surface area (Å²) in [5.74, 6) is 0.992. The summed E-state index contributed by atoms with van der Waals surface area (Å²) in [4.78, 5) is 14.8. The fourth-order valence-electron chi connectivity index (χ4n) is 3.87. The molecule has 2 heterocycles. The Hall–Kier alpha value is -2.10. The topological polar surface area (TPSA) is 25.2 Å².